The highest BCUT2D eigenvalue weighted by molar-refractivity contribution is 9.11. The van der Waals surface area contributed by atoms with Gasteiger partial charge >= 0.3 is 0 Å². The number of hydrogen-bond acceptors (Lipinski definition) is 3. The highest BCUT2D eigenvalue weighted by Crippen LogP contribution is 2.31. The zero-order chi connectivity index (χ0) is 16.7. The predicted octanol–water partition coefficient (Wildman–Crippen LogP) is 3.13. The van der Waals surface area contributed by atoms with Crippen LogP contribution in [0.2, 0.25) is 0 Å². The van der Waals surface area contributed by atoms with Crippen molar-refractivity contribution >= 4 is 49.4 Å². The van der Waals surface area contributed by atoms with Gasteiger partial charge in [-0.2, -0.15) is 0 Å². The molecule has 122 valence electrons. The number of carbonyl (C=O) groups is 2. The first-order chi connectivity index (χ1) is 10.3. The van der Waals surface area contributed by atoms with Crippen LogP contribution in [0.1, 0.15) is 25.8 Å². The molecule has 0 aliphatic heterocycles. The van der Waals surface area contributed by atoms with E-state index in [2.05, 4.69) is 42.5 Å². The van der Waals surface area contributed by atoms with Crippen molar-refractivity contribution in [3.05, 3.63) is 26.6 Å². The molecule has 0 saturated heterocycles. The summed E-state index contributed by atoms with van der Waals surface area (Å²) in [5, 5.41) is 5.68. The van der Waals surface area contributed by atoms with E-state index in [4.69, 9.17) is 0 Å². The van der Waals surface area contributed by atoms with Crippen LogP contribution in [-0.4, -0.2) is 36.9 Å². The van der Waals surface area contributed by atoms with E-state index in [0.29, 0.717) is 19.6 Å². The summed E-state index contributed by atoms with van der Waals surface area (Å²) in [6.07, 6.45) is 0.917. The van der Waals surface area contributed by atoms with Crippen LogP contribution >= 0.6 is 31.9 Å². The van der Waals surface area contributed by atoms with E-state index in [9.17, 15) is 9.59 Å². The molecule has 0 fully saturated rings. The summed E-state index contributed by atoms with van der Waals surface area (Å²) in [6, 6.07) is 3.82. The van der Waals surface area contributed by atoms with Gasteiger partial charge in [-0.15, -0.1) is 0 Å². The lowest BCUT2D eigenvalue weighted by molar-refractivity contribution is -0.122. The summed E-state index contributed by atoms with van der Waals surface area (Å²) in [5.74, 6) is -0.132. The number of likely N-dealkylation sites (N-methyl/N-ethyl adjacent to an activating group) is 1. The van der Waals surface area contributed by atoms with Crippen molar-refractivity contribution in [2.45, 2.75) is 26.8 Å². The molecule has 0 heterocycles. The fourth-order valence-corrected chi connectivity index (χ4v) is 3.39. The second-order valence-electron chi connectivity index (χ2n) is 5.13. The van der Waals surface area contributed by atoms with Crippen LogP contribution in [-0.2, 0) is 16.1 Å². The van der Waals surface area contributed by atoms with Crippen LogP contribution in [0.3, 0.4) is 0 Å². The van der Waals surface area contributed by atoms with Crippen molar-refractivity contribution < 1.29 is 9.59 Å². The first-order valence-corrected chi connectivity index (χ1v) is 8.62. The molecule has 22 heavy (non-hydrogen) atoms. The molecule has 2 amide bonds. The lowest BCUT2D eigenvalue weighted by atomic mass is 10.1. The molecule has 5 nitrogen and oxygen atoms in total. The molecule has 0 atom stereocenters. The molecular weight excluding hydrogens is 414 g/mol. The Kier molecular flexibility index (Phi) is 8.06. The number of benzene rings is 1. The van der Waals surface area contributed by atoms with E-state index < -0.39 is 0 Å². The number of hydrogen-bond donors (Lipinski definition) is 2. The monoisotopic (exact) mass is 433 g/mol. The molecule has 7 heteroatoms. The number of carbonyl (C=O) groups excluding carboxylic acids is 2. The van der Waals surface area contributed by atoms with Crippen molar-refractivity contribution in [3.8, 4) is 0 Å². The predicted molar refractivity (Wildman–Crippen MR) is 95.8 cm³/mol. The number of halogens is 2. The van der Waals surface area contributed by atoms with Gasteiger partial charge in [0.05, 0.1) is 12.2 Å². The molecule has 0 spiro atoms. The number of amides is 2. The van der Waals surface area contributed by atoms with Crippen molar-refractivity contribution in [2.75, 3.05) is 25.5 Å². The van der Waals surface area contributed by atoms with Crippen LogP contribution in [0.5, 0.6) is 0 Å². The Hall–Kier alpha value is -0.920. The summed E-state index contributed by atoms with van der Waals surface area (Å²) in [4.78, 5) is 25.0. The molecule has 0 saturated carbocycles. The number of anilines is 1. The third-order valence-corrected chi connectivity index (χ3v) is 3.95. The van der Waals surface area contributed by atoms with Crippen LogP contribution < -0.4 is 10.6 Å². The number of nitrogens with zero attached hydrogens (tertiary/aromatic N) is 1. The van der Waals surface area contributed by atoms with Gasteiger partial charge in [0.2, 0.25) is 11.8 Å². The SMILES string of the molecule is CCCNC(=O)CN(C)Cc1cc(Br)cc(Br)c1NC(C)=O. The maximum atomic E-state index is 11.8. The smallest absolute Gasteiger partial charge is 0.234 e. The summed E-state index contributed by atoms with van der Waals surface area (Å²) in [5.41, 5.74) is 1.67. The van der Waals surface area contributed by atoms with Crippen molar-refractivity contribution in [1.29, 1.82) is 0 Å². The van der Waals surface area contributed by atoms with E-state index in [1.165, 1.54) is 6.92 Å². The molecule has 0 aromatic heterocycles. The lowest BCUT2D eigenvalue weighted by Crippen LogP contribution is -2.35. The van der Waals surface area contributed by atoms with Crippen molar-refractivity contribution in [2.24, 2.45) is 0 Å². The van der Waals surface area contributed by atoms with Gasteiger partial charge in [0.1, 0.15) is 0 Å². The number of rotatable bonds is 7. The first kappa shape index (κ1) is 19.1. The molecule has 1 aromatic rings. The Morgan fingerprint density at radius 1 is 1.27 bits per heavy atom. The number of nitrogens with one attached hydrogen (secondary N) is 2. The normalized spacial score (nSPS) is 10.6. The Labute approximate surface area is 148 Å². The van der Waals surface area contributed by atoms with Gasteiger partial charge in [-0.1, -0.05) is 22.9 Å². The van der Waals surface area contributed by atoms with E-state index in [1.807, 2.05) is 31.0 Å². The minimum Gasteiger partial charge on any atom is -0.355 e. The summed E-state index contributed by atoms with van der Waals surface area (Å²) in [7, 11) is 1.87. The molecular formula is C15H21Br2N3O2. The van der Waals surface area contributed by atoms with Gasteiger partial charge in [-0.25, -0.2) is 0 Å². The Balaban J connectivity index is 2.82. The van der Waals surface area contributed by atoms with E-state index in [-0.39, 0.29) is 11.8 Å². The maximum absolute atomic E-state index is 11.8. The standard InChI is InChI=1S/C15H21Br2N3O2/c1-4-5-18-14(22)9-20(3)8-11-6-12(16)7-13(17)15(11)19-10(2)21/h6-7H,4-5,8-9H2,1-3H3,(H,18,22)(H,19,21). The van der Waals surface area contributed by atoms with Gasteiger partial charge in [-0.3, -0.25) is 14.5 Å². The average Bonchev–Trinajstić information content (AvgIpc) is 2.39. The van der Waals surface area contributed by atoms with Gasteiger partial charge < -0.3 is 10.6 Å². The van der Waals surface area contributed by atoms with Crippen LogP contribution in [0, 0.1) is 0 Å². The maximum Gasteiger partial charge on any atom is 0.234 e. The molecule has 2 N–H and O–H groups in total. The quantitative estimate of drug-likeness (QED) is 0.692. The second kappa shape index (κ2) is 9.27. The highest BCUT2D eigenvalue weighted by atomic mass is 79.9. The van der Waals surface area contributed by atoms with Crippen LogP contribution in [0.15, 0.2) is 21.1 Å². The Morgan fingerprint density at radius 3 is 2.55 bits per heavy atom. The molecule has 1 aromatic carbocycles. The zero-order valence-corrected chi connectivity index (χ0v) is 16.2. The molecule has 1 rings (SSSR count). The van der Waals surface area contributed by atoms with Crippen molar-refractivity contribution in [3.63, 3.8) is 0 Å². The third kappa shape index (κ3) is 6.46. The fraction of sp³-hybridized carbons (Fsp3) is 0.467. The summed E-state index contributed by atoms with van der Waals surface area (Å²) < 4.78 is 1.71. The minimum absolute atomic E-state index is 0.000473. The first-order valence-electron chi connectivity index (χ1n) is 7.04. The van der Waals surface area contributed by atoms with Crippen LogP contribution in [0.4, 0.5) is 5.69 Å². The zero-order valence-electron chi connectivity index (χ0n) is 13.0. The van der Waals surface area contributed by atoms with Gasteiger partial charge in [0, 0.05) is 29.0 Å². The highest BCUT2D eigenvalue weighted by Gasteiger charge is 2.13. The Morgan fingerprint density at radius 2 is 1.95 bits per heavy atom. The summed E-state index contributed by atoms with van der Waals surface area (Å²) in [6.45, 7) is 5.03. The third-order valence-electron chi connectivity index (χ3n) is 2.86. The lowest BCUT2D eigenvalue weighted by Gasteiger charge is -2.20. The van der Waals surface area contributed by atoms with E-state index >= 15 is 0 Å². The van der Waals surface area contributed by atoms with Crippen LogP contribution in [0.25, 0.3) is 0 Å². The molecule has 0 aliphatic rings. The molecule has 0 unspecified atom stereocenters. The molecule has 0 aliphatic carbocycles. The Bertz CT molecular complexity index is 550. The van der Waals surface area contributed by atoms with Gasteiger partial charge in [0.25, 0.3) is 0 Å². The minimum atomic E-state index is -0.132. The fourth-order valence-electron chi connectivity index (χ4n) is 1.98. The van der Waals surface area contributed by atoms with Crippen molar-refractivity contribution in [1.82, 2.24) is 10.2 Å². The molecule has 0 radical (unpaired) electrons. The largest absolute Gasteiger partial charge is 0.355 e. The average molecular weight is 435 g/mol. The van der Waals surface area contributed by atoms with E-state index in [1.54, 1.807) is 0 Å². The van der Waals surface area contributed by atoms with E-state index in [0.717, 1.165) is 26.6 Å². The van der Waals surface area contributed by atoms with Gasteiger partial charge in [-0.05, 0) is 47.1 Å². The second-order valence-corrected chi connectivity index (χ2v) is 6.90. The molecule has 0 bridgehead atoms. The topological polar surface area (TPSA) is 61.4 Å². The van der Waals surface area contributed by atoms with Gasteiger partial charge in [0.15, 0.2) is 0 Å². The summed E-state index contributed by atoms with van der Waals surface area (Å²) >= 11 is 6.91.